The summed E-state index contributed by atoms with van der Waals surface area (Å²) in [4.78, 5) is 2.63. The van der Waals surface area contributed by atoms with Crippen LogP contribution in [0.15, 0.2) is 39.7 Å². The molecule has 0 N–H and O–H groups in total. The number of anilines is 1. The Bertz CT molecular complexity index is 935. The summed E-state index contributed by atoms with van der Waals surface area (Å²) < 4.78 is 34.7. The lowest BCUT2D eigenvalue weighted by Gasteiger charge is -2.36. The van der Waals surface area contributed by atoms with Crippen molar-refractivity contribution in [3.05, 3.63) is 51.5 Å². The summed E-state index contributed by atoms with van der Waals surface area (Å²) in [6, 6.07) is 9.93. The van der Waals surface area contributed by atoms with Crippen molar-refractivity contribution in [3.8, 4) is 5.75 Å². The molecule has 5 nitrogen and oxygen atoms in total. The fourth-order valence-corrected chi connectivity index (χ4v) is 5.77. The molecule has 1 aliphatic heterocycles. The van der Waals surface area contributed by atoms with Crippen LogP contribution >= 0.6 is 15.9 Å². The number of nitrogens with zero attached hydrogens (tertiary/aromatic N) is 2. The van der Waals surface area contributed by atoms with Gasteiger partial charge in [-0.05, 0) is 67.8 Å². The highest BCUT2D eigenvalue weighted by atomic mass is 79.9. The first-order chi connectivity index (χ1) is 12.8. The lowest BCUT2D eigenvalue weighted by Crippen LogP contribution is -2.48. The summed E-state index contributed by atoms with van der Waals surface area (Å²) >= 11 is 3.45. The van der Waals surface area contributed by atoms with E-state index in [1.807, 2.05) is 39.0 Å². The third-order valence-electron chi connectivity index (χ3n) is 5.23. The van der Waals surface area contributed by atoms with Crippen LogP contribution in [0.5, 0.6) is 5.75 Å². The Morgan fingerprint density at radius 3 is 2.11 bits per heavy atom. The summed E-state index contributed by atoms with van der Waals surface area (Å²) in [6.45, 7) is 7.89. The first-order valence-electron chi connectivity index (χ1n) is 8.91. The maximum Gasteiger partial charge on any atom is 0.243 e. The number of halogens is 1. The van der Waals surface area contributed by atoms with Crippen molar-refractivity contribution in [2.45, 2.75) is 25.7 Å². The van der Waals surface area contributed by atoms with Crippen molar-refractivity contribution in [2.75, 3.05) is 38.2 Å². The third kappa shape index (κ3) is 3.86. The monoisotopic (exact) mass is 452 g/mol. The molecular formula is C20H25BrN2O3S. The number of sulfonamides is 1. The molecule has 1 saturated heterocycles. The van der Waals surface area contributed by atoms with Gasteiger partial charge in [0.1, 0.15) is 5.75 Å². The fourth-order valence-electron chi connectivity index (χ4n) is 3.60. The van der Waals surface area contributed by atoms with Crippen molar-refractivity contribution >= 4 is 31.6 Å². The quantitative estimate of drug-likeness (QED) is 0.705. The van der Waals surface area contributed by atoms with Crippen LogP contribution in [-0.4, -0.2) is 46.0 Å². The molecule has 0 aromatic heterocycles. The summed E-state index contributed by atoms with van der Waals surface area (Å²) in [6.07, 6.45) is 0. The van der Waals surface area contributed by atoms with Crippen LogP contribution < -0.4 is 9.64 Å². The Hall–Kier alpha value is -1.57. The van der Waals surface area contributed by atoms with Crippen LogP contribution in [-0.2, 0) is 10.0 Å². The minimum Gasteiger partial charge on any atom is -0.496 e. The van der Waals surface area contributed by atoms with Gasteiger partial charge >= 0.3 is 0 Å². The van der Waals surface area contributed by atoms with Crippen molar-refractivity contribution in [3.63, 3.8) is 0 Å². The number of ether oxygens (including phenoxy) is 1. The molecule has 0 radical (unpaired) electrons. The zero-order valence-electron chi connectivity index (χ0n) is 16.1. The Balaban J connectivity index is 1.83. The lowest BCUT2D eigenvalue weighted by molar-refractivity contribution is 0.384. The van der Waals surface area contributed by atoms with Crippen molar-refractivity contribution < 1.29 is 13.2 Å². The highest BCUT2D eigenvalue weighted by Crippen LogP contribution is 2.33. The molecule has 1 aliphatic rings. The van der Waals surface area contributed by atoms with Gasteiger partial charge in [0.2, 0.25) is 10.0 Å². The Morgan fingerprint density at radius 2 is 1.56 bits per heavy atom. The molecule has 1 fully saturated rings. The zero-order valence-corrected chi connectivity index (χ0v) is 18.5. The number of hydrogen-bond donors (Lipinski definition) is 0. The van der Waals surface area contributed by atoms with Crippen molar-refractivity contribution in [1.82, 2.24) is 4.31 Å². The van der Waals surface area contributed by atoms with Gasteiger partial charge in [-0.25, -0.2) is 8.42 Å². The number of methoxy groups -OCH3 is 1. The fraction of sp³-hybridized carbons (Fsp3) is 0.400. The van der Waals surface area contributed by atoms with E-state index in [1.54, 1.807) is 11.4 Å². The smallest absolute Gasteiger partial charge is 0.243 e. The Labute approximate surface area is 170 Å². The molecule has 146 valence electrons. The van der Waals surface area contributed by atoms with E-state index in [0.717, 1.165) is 32.6 Å². The predicted molar refractivity (Wildman–Crippen MR) is 112 cm³/mol. The normalized spacial score (nSPS) is 15.8. The Kier molecular flexibility index (Phi) is 5.84. The van der Waals surface area contributed by atoms with Gasteiger partial charge in [0, 0.05) is 36.3 Å². The van der Waals surface area contributed by atoms with E-state index in [1.165, 1.54) is 0 Å². The second kappa shape index (κ2) is 7.81. The standard InChI is InChI=1S/C20H25BrN2O3S/c1-14-13-19(26-4)15(2)16(3)20(14)27(24,25)23-11-9-22(10-12-23)18-7-5-17(21)6-8-18/h5-8,13H,9-12H2,1-4H3. The molecule has 0 unspecified atom stereocenters. The number of hydrogen-bond acceptors (Lipinski definition) is 4. The number of aryl methyl sites for hydroxylation is 1. The van der Waals surface area contributed by atoms with Crippen LogP contribution in [0.4, 0.5) is 5.69 Å². The van der Waals surface area contributed by atoms with E-state index < -0.39 is 10.0 Å². The van der Waals surface area contributed by atoms with E-state index in [-0.39, 0.29) is 0 Å². The molecular weight excluding hydrogens is 428 g/mol. The van der Waals surface area contributed by atoms with E-state index >= 15 is 0 Å². The molecule has 0 aliphatic carbocycles. The van der Waals surface area contributed by atoms with Gasteiger partial charge in [0.25, 0.3) is 0 Å². The van der Waals surface area contributed by atoms with Gasteiger partial charge in [-0.2, -0.15) is 4.31 Å². The van der Waals surface area contributed by atoms with Crippen LogP contribution in [0, 0.1) is 20.8 Å². The molecule has 0 saturated carbocycles. The second-order valence-electron chi connectivity index (χ2n) is 6.84. The topological polar surface area (TPSA) is 49.9 Å². The van der Waals surface area contributed by atoms with Crippen molar-refractivity contribution in [1.29, 1.82) is 0 Å². The summed E-state index contributed by atoms with van der Waals surface area (Å²) in [7, 11) is -1.93. The number of benzene rings is 2. The molecule has 0 amide bonds. The molecule has 0 spiro atoms. The highest BCUT2D eigenvalue weighted by Gasteiger charge is 2.32. The summed E-state index contributed by atoms with van der Waals surface area (Å²) in [5.41, 5.74) is 3.48. The van der Waals surface area contributed by atoms with E-state index in [9.17, 15) is 8.42 Å². The number of rotatable bonds is 4. The lowest BCUT2D eigenvalue weighted by atomic mass is 10.1. The molecule has 2 aromatic rings. The van der Waals surface area contributed by atoms with Gasteiger partial charge in [-0.15, -0.1) is 0 Å². The maximum atomic E-state index is 13.3. The minimum absolute atomic E-state index is 0.415. The van der Waals surface area contributed by atoms with Crippen molar-refractivity contribution in [2.24, 2.45) is 0 Å². The van der Waals surface area contributed by atoms with E-state index in [0.29, 0.717) is 31.1 Å². The second-order valence-corrected chi connectivity index (χ2v) is 9.63. The molecule has 27 heavy (non-hydrogen) atoms. The largest absolute Gasteiger partial charge is 0.496 e. The number of piperazine rings is 1. The first kappa shape index (κ1) is 20.2. The van der Waals surface area contributed by atoms with Gasteiger partial charge in [0.15, 0.2) is 0 Å². The van der Waals surface area contributed by atoms with Gasteiger partial charge in [0.05, 0.1) is 12.0 Å². The molecule has 0 atom stereocenters. The maximum absolute atomic E-state index is 13.3. The summed E-state index contributed by atoms with van der Waals surface area (Å²) in [5, 5.41) is 0. The Morgan fingerprint density at radius 1 is 0.963 bits per heavy atom. The van der Waals surface area contributed by atoms with Crippen LogP contribution in [0.25, 0.3) is 0 Å². The summed E-state index contributed by atoms with van der Waals surface area (Å²) in [5.74, 6) is 0.726. The minimum atomic E-state index is -3.54. The SMILES string of the molecule is COc1cc(C)c(S(=O)(=O)N2CCN(c3ccc(Br)cc3)CC2)c(C)c1C. The predicted octanol–water partition coefficient (Wildman–Crippen LogP) is 3.89. The molecule has 3 rings (SSSR count). The average molecular weight is 453 g/mol. The highest BCUT2D eigenvalue weighted by molar-refractivity contribution is 9.10. The van der Waals surface area contributed by atoms with Crippen LogP contribution in [0.3, 0.4) is 0 Å². The van der Waals surface area contributed by atoms with E-state index in [2.05, 4.69) is 33.0 Å². The zero-order chi connectivity index (χ0) is 19.8. The van der Waals surface area contributed by atoms with Crippen LogP contribution in [0.2, 0.25) is 0 Å². The van der Waals surface area contributed by atoms with Crippen LogP contribution in [0.1, 0.15) is 16.7 Å². The van der Waals surface area contributed by atoms with E-state index in [4.69, 9.17) is 4.74 Å². The molecule has 0 bridgehead atoms. The molecule has 2 aromatic carbocycles. The van der Waals surface area contributed by atoms with Gasteiger partial charge in [-0.3, -0.25) is 0 Å². The first-order valence-corrected chi connectivity index (χ1v) is 11.1. The van der Waals surface area contributed by atoms with Gasteiger partial charge in [-0.1, -0.05) is 15.9 Å². The average Bonchev–Trinajstić information content (AvgIpc) is 2.65. The van der Waals surface area contributed by atoms with Gasteiger partial charge < -0.3 is 9.64 Å². The molecule has 7 heteroatoms. The third-order valence-corrected chi connectivity index (χ3v) is 7.94. The molecule has 1 heterocycles.